The summed E-state index contributed by atoms with van der Waals surface area (Å²) in [6, 6.07) is 15.5. The highest BCUT2D eigenvalue weighted by molar-refractivity contribution is 14.0. The predicted octanol–water partition coefficient (Wildman–Crippen LogP) is 3.45. The van der Waals surface area contributed by atoms with Crippen molar-refractivity contribution < 1.29 is 9.53 Å². The van der Waals surface area contributed by atoms with Gasteiger partial charge in [0.2, 0.25) is 0 Å². The molecule has 2 N–H and O–H groups in total. The van der Waals surface area contributed by atoms with Crippen molar-refractivity contribution in [3.63, 3.8) is 0 Å². The van der Waals surface area contributed by atoms with Crippen LogP contribution in [0, 0.1) is 6.92 Å². The van der Waals surface area contributed by atoms with Crippen LogP contribution in [0.25, 0.3) is 0 Å². The molecule has 0 unspecified atom stereocenters. The molecule has 158 valence electrons. The van der Waals surface area contributed by atoms with E-state index in [-0.39, 0.29) is 29.9 Å². The van der Waals surface area contributed by atoms with E-state index in [2.05, 4.69) is 15.6 Å². The summed E-state index contributed by atoms with van der Waals surface area (Å²) in [6.07, 6.45) is 0. The molecule has 0 aliphatic carbocycles. The molecule has 29 heavy (non-hydrogen) atoms. The van der Waals surface area contributed by atoms with Crippen LogP contribution in [0.1, 0.15) is 28.4 Å². The summed E-state index contributed by atoms with van der Waals surface area (Å²) in [6.45, 7) is 6.59. The minimum atomic E-state index is -0.00123. The summed E-state index contributed by atoms with van der Waals surface area (Å²) in [5, 5.41) is 6.50. The van der Waals surface area contributed by atoms with E-state index in [0.29, 0.717) is 25.3 Å². The Hall–Kier alpha value is -2.29. The second kappa shape index (κ2) is 13.0. The summed E-state index contributed by atoms with van der Waals surface area (Å²) in [7, 11) is 3.50. The lowest BCUT2D eigenvalue weighted by atomic mass is 10.1. The van der Waals surface area contributed by atoms with Gasteiger partial charge in [0.1, 0.15) is 12.4 Å². The maximum absolute atomic E-state index is 11.9. The molecule has 2 aromatic carbocycles. The summed E-state index contributed by atoms with van der Waals surface area (Å²) in [4.78, 5) is 18.1. The molecule has 1 amide bonds. The van der Waals surface area contributed by atoms with E-state index in [1.165, 1.54) is 5.56 Å². The first-order valence-electron chi connectivity index (χ1n) is 9.52. The van der Waals surface area contributed by atoms with E-state index in [1.54, 1.807) is 19.0 Å². The molecule has 2 rings (SSSR count). The summed E-state index contributed by atoms with van der Waals surface area (Å²) in [5.41, 5.74) is 2.90. The molecule has 0 spiro atoms. The van der Waals surface area contributed by atoms with Gasteiger partial charge in [-0.1, -0.05) is 24.3 Å². The van der Waals surface area contributed by atoms with E-state index in [4.69, 9.17) is 4.74 Å². The van der Waals surface area contributed by atoms with Gasteiger partial charge in [-0.15, -0.1) is 24.0 Å². The van der Waals surface area contributed by atoms with Gasteiger partial charge >= 0.3 is 0 Å². The Kier molecular flexibility index (Phi) is 11.1. The van der Waals surface area contributed by atoms with Gasteiger partial charge in [-0.05, 0) is 49.2 Å². The molecule has 0 aliphatic heterocycles. The number of hydrogen-bond donors (Lipinski definition) is 2. The van der Waals surface area contributed by atoms with Crippen molar-refractivity contribution >= 4 is 35.8 Å². The van der Waals surface area contributed by atoms with Crippen LogP contribution in [0.2, 0.25) is 0 Å². The van der Waals surface area contributed by atoms with Gasteiger partial charge in [-0.25, -0.2) is 4.99 Å². The molecule has 0 radical (unpaired) electrons. The van der Waals surface area contributed by atoms with Crippen LogP contribution in [0.5, 0.6) is 5.75 Å². The average molecular weight is 510 g/mol. The topological polar surface area (TPSA) is 66.0 Å². The highest BCUT2D eigenvalue weighted by Crippen LogP contribution is 2.11. The van der Waals surface area contributed by atoms with Gasteiger partial charge in [-0.2, -0.15) is 0 Å². The maximum atomic E-state index is 11.9. The number of aryl methyl sites for hydroxylation is 1. The van der Waals surface area contributed by atoms with Gasteiger partial charge in [0, 0.05) is 26.2 Å². The Morgan fingerprint density at radius 2 is 1.83 bits per heavy atom. The van der Waals surface area contributed by atoms with Crippen molar-refractivity contribution in [1.29, 1.82) is 0 Å². The molecule has 0 atom stereocenters. The minimum absolute atomic E-state index is 0. The zero-order valence-corrected chi connectivity index (χ0v) is 19.9. The fraction of sp³-hybridized carbons (Fsp3) is 0.364. The second-order valence-electron chi connectivity index (χ2n) is 6.68. The molecule has 7 heteroatoms. The number of ether oxygens (including phenoxy) is 1. The second-order valence-corrected chi connectivity index (χ2v) is 6.68. The van der Waals surface area contributed by atoms with Gasteiger partial charge in [-0.3, -0.25) is 4.79 Å². The van der Waals surface area contributed by atoms with Gasteiger partial charge in [0.25, 0.3) is 5.91 Å². The third-order valence-electron chi connectivity index (χ3n) is 4.02. The molecule has 0 fully saturated rings. The Bertz CT molecular complexity index is 792. The highest BCUT2D eigenvalue weighted by atomic mass is 127. The van der Waals surface area contributed by atoms with Crippen molar-refractivity contribution in [2.45, 2.75) is 20.4 Å². The van der Waals surface area contributed by atoms with Crippen molar-refractivity contribution in [3.8, 4) is 5.75 Å². The maximum Gasteiger partial charge on any atom is 0.253 e. The minimum Gasteiger partial charge on any atom is -0.492 e. The Morgan fingerprint density at radius 1 is 1.10 bits per heavy atom. The molecule has 0 aromatic heterocycles. The van der Waals surface area contributed by atoms with E-state index in [9.17, 15) is 4.79 Å². The van der Waals surface area contributed by atoms with Crippen LogP contribution < -0.4 is 15.4 Å². The third-order valence-corrected chi connectivity index (χ3v) is 4.02. The largest absolute Gasteiger partial charge is 0.492 e. The summed E-state index contributed by atoms with van der Waals surface area (Å²) in [5.74, 6) is 1.61. The normalized spacial score (nSPS) is 10.7. The third kappa shape index (κ3) is 8.72. The van der Waals surface area contributed by atoms with Crippen LogP contribution >= 0.6 is 24.0 Å². The molecule has 0 bridgehead atoms. The smallest absolute Gasteiger partial charge is 0.253 e. The molecular weight excluding hydrogens is 479 g/mol. The van der Waals surface area contributed by atoms with Gasteiger partial charge in [0.05, 0.1) is 13.1 Å². The van der Waals surface area contributed by atoms with Crippen LogP contribution in [0.3, 0.4) is 0 Å². The Morgan fingerprint density at radius 3 is 2.45 bits per heavy atom. The standard InChI is InChI=1S/C22H30N4O2.HI/c1-5-23-22(24-13-14-28-20-8-6-7-17(2)15-20)25-16-18-9-11-19(12-10-18)21(27)26(3)4;/h6-12,15H,5,13-14,16H2,1-4H3,(H2,23,24,25);1H. The SMILES string of the molecule is CCNC(=NCc1ccc(C(=O)N(C)C)cc1)NCCOc1cccc(C)c1.I. The van der Waals surface area contributed by atoms with Crippen molar-refractivity contribution in [2.24, 2.45) is 4.99 Å². The lowest BCUT2D eigenvalue weighted by Crippen LogP contribution is -2.39. The number of carbonyl (C=O) groups is 1. The number of halogens is 1. The van der Waals surface area contributed by atoms with Crippen LogP contribution in [0.15, 0.2) is 53.5 Å². The zero-order valence-electron chi connectivity index (χ0n) is 17.6. The first-order chi connectivity index (χ1) is 13.5. The number of nitrogens with zero attached hydrogens (tertiary/aromatic N) is 2. The predicted molar refractivity (Wildman–Crippen MR) is 129 cm³/mol. The molecule has 6 nitrogen and oxygen atoms in total. The molecule has 0 saturated carbocycles. The molecule has 0 saturated heterocycles. The van der Waals surface area contributed by atoms with E-state index in [0.717, 1.165) is 23.8 Å². The Balaban J connectivity index is 0.00000420. The molecular formula is C22H31IN4O2. The van der Waals surface area contributed by atoms with E-state index < -0.39 is 0 Å². The van der Waals surface area contributed by atoms with Crippen molar-refractivity contribution in [3.05, 3.63) is 65.2 Å². The average Bonchev–Trinajstić information content (AvgIpc) is 2.69. The fourth-order valence-corrected chi connectivity index (χ4v) is 2.57. The zero-order chi connectivity index (χ0) is 20.4. The first kappa shape index (κ1) is 24.7. The fourth-order valence-electron chi connectivity index (χ4n) is 2.57. The molecule has 2 aromatic rings. The lowest BCUT2D eigenvalue weighted by molar-refractivity contribution is 0.0827. The Labute approximate surface area is 190 Å². The van der Waals surface area contributed by atoms with Crippen LogP contribution in [-0.4, -0.2) is 50.6 Å². The number of hydrogen-bond acceptors (Lipinski definition) is 3. The number of rotatable bonds is 8. The van der Waals surface area contributed by atoms with Gasteiger partial charge < -0.3 is 20.3 Å². The van der Waals surface area contributed by atoms with Crippen LogP contribution in [-0.2, 0) is 6.54 Å². The number of amides is 1. The number of nitrogens with one attached hydrogen (secondary N) is 2. The highest BCUT2D eigenvalue weighted by Gasteiger charge is 2.07. The summed E-state index contributed by atoms with van der Waals surface area (Å²) < 4.78 is 5.75. The number of carbonyl (C=O) groups excluding carboxylic acids is 1. The first-order valence-corrected chi connectivity index (χ1v) is 9.52. The van der Waals surface area contributed by atoms with Gasteiger partial charge in [0.15, 0.2) is 5.96 Å². The quantitative estimate of drug-likeness (QED) is 0.247. The summed E-state index contributed by atoms with van der Waals surface area (Å²) >= 11 is 0. The van der Waals surface area contributed by atoms with E-state index in [1.807, 2.05) is 62.4 Å². The van der Waals surface area contributed by atoms with Crippen molar-refractivity contribution in [2.75, 3.05) is 33.8 Å². The monoisotopic (exact) mass is 510 g/mol. The molecule has 0 aliphatic rings. The van der Waals surface area contributed by atoms with Crippen molar-refractivity contribution in [1.82, 2.24) is 15.5 Å². The van der Waals surface area contributed by atoms with E-state index >= 15 is 0 Å². The number of guanidine groups is 1. The lowest BCUT2D eigenvalue weighted by Gasteiger charge is -2.13. The molecule has 0 heterocycles. The van der Waals surface area contributed by atoms with Crippen LogP contribution in [0.4, 0.5) is 0 Å². The number of aliphatic imine (C=N–C) groups is 1. The number of benzene rings is 2.